The molecule has 162 valence electrons. The highest BCUT2D eigenvalue weighted by Gasteiger charge is 2.11. The zero-order valence-electron chi connectivity index (χ0n) is 17.0. The third-order valence-corrected chi connectivity index (χ3v) is 4.05. The van der Waals surface area contributed by atoms with Crippen molar-refractivity contribution in [3.05, 3.63) is 65.7 Å². The molecule has 0 fully saturated rings. The van der Waals surface area contributed by atoms with E-state index in [0.717, 1.165) is 0 Å². The van der Waals surface area contributed by atoms with Gasteiger partial charge in [0.05, 0.1) is 0 Å². The van der Waals surface area contributed by atoms with Gasteiger partial charge in [-0.25, -0.2) is 0 Å². The van der Waals surface area contributed by atoms with Crippen molar-refractivity contribution < 1.29 is 28.7 Å². The number of carbonyl (C=O) groups is 5. The lowest BCUT2D eigenvalue weighted by atomic mass is 10.1. The van der Waals surface area contributed by atoms with Crippen molar-refractivity contribution in [3.63, 3.8) is 0 Å². The largest absolute Gasteiger partial charge is 0.455 e. The molecular weight excluding hydrogens is 402 g/mol. The standard InChI is InChI=1S/C22H23N3O6/c1-15(26)17-9-5-10-18(13-17)23-19(27)11-6-12-21(29)31-14-20(28)24-25-22(30)16-7-3-2-4-8-16/h2-5,7-10,13H,6,11-12,14H2,1H3,(H,23,27)(H,24,28)(H,25,30). The molecule has 0 radical (unpaired) electrons. The summed E-state index contributed by atoms with van der Waals surface area (Å²) in [5.41, 5.74) is 5.70. The van der Waals surface area contributed by atoms with Gasteiger partial charge in [-0.2, -0.15) is 0 Å². The van der Waals surface area contributed by atoms with Crippen LogP contribution < -0.4 is 16.2 Å². The van der Waals surface area contributed by atoms with Crippen LogP contribution in [0.4, 0.5) is 5.69 Å². The Bertz CT molecular complexity index is 959. The minimum Gasteiger partial charge on any atom is -0.455 e. The zero-order valence-corrected chi connectivity index (χ0v) is 17.0. The smallest absolute Gasteiger partial charge is 0.306 e. The molecule has 0 heterocycles. The molecule has 9 heteroatoms. The summed E-state index contributed by atoms with van der Waals surface area (Å²) in [5, 5.41) is 2.65. The summed E-state index contributed by atoms with van der Waals surface area (Å²) in [6, 6.07) is 14.8. The first-order valence-electron chi connectivity index (χ1n) is 9.56. The summed E-state index contributed by atoms with van der Waals surface area (Å²) < 4.78 is 4.81. The van der Waals surface area contributed by atoms with Crippen LogP contribution in [0.15, 0.2) is 54.6 Å². The van der Waals surface area contributed by atoms with Crippen LogP contribution in [0.25, 0.3) is 0 Å². The lowest BCUT2D eigenvalue weighted by molar-refractivity contribution is -0.148. The number of esters is 1. The second kappa shape index (κ2) is 11.9. The van der Waals surface area contributed by atoms with Crippen molar-refractivity contribution >= 4 is 35.2 Å². The summed E-state index contributed by atoms with van der Waals surface area (Å²) >= 11 is 0. The van der Waals surface area contributed by atoms with Crippen LogP contribution >= 0.6 is 0 Å². The number of Topliss-reactive ketones (excluding diaryl/α,β-unsaturated/α-hetero) is 1. The Morgan fingerprint density at radius 3 is 2.23 bits per heavy atom. The molecule has 2 rings (SSSR count). The van der Waals surface area contributed by atoms with E-state index in [1.165, 1.54) is 6.92 Å². The van der Waals surface area contributed by atoms with Gasteiger partial charge in [-0.1, -0.05) is 30.3 Å². The fraction of sp³-hybridized carbons (Fsp3) is 0.227. The van der Waals surface area contributed by atoms with Crippen LogP contribution in [0.3, 0.4) is 0 Å². The summed E-state index contributed by atoms with van der Waals surface area (Å²) in [6.45, 7) is 0.877. The average molecular weight is 425 g/mol. The van der Waals surface area contributed by atoms with Gasteiger partial charge in [-0.15, -0.1) is 0 Å². The van der Waals surface area contributed by atoms with Gasteiger partial charge in [-0.3, -0.25) is 34.8 Å². The van der Waals surface area contributed by atoms with E-state index in [2.05, 4.69) is 16.2 Å². The fourth-order valence-electron chi connectivity index (χ4n) is 2.48. The SMILES string of the molecule is CC(=O)c1cccc(NC(=O)CCCC(=O)OCC(=O)NNC(=O)c2ccccc2)c1. The number of amides is 3. The Morgan fingerprint density at radius 1 is 0.806 bits per heavy atom. The summed E-state index contributed by atoms with van der Waals surface area (Å²) in [6.07, 6.45) is 0.243. The van der Waals surface area contributed by atoms with Crippen molar-refractivity contribution in [1.82, 2.24) is 10.9 Å². The molecule has 0 aliphatic rings. The predicted octanol–water partition coefficient (Wildman–Crippen LogP) is 2.00. The van der Waals surface area contributed by atoms with Crippen LogP contribution in [0.5, 0.6) is 0 Å². The maximum atomic E-state index is 12.0. The number of benzene rings is 2. The van der Waals surface area contributed by atoms with E-state index >= 15 is 0 Å². The molecule has 0 aliphatic heterocycles. The second-order valence-electron chi connectivity index (χ2n) is 6.57. The molecule has 0 aliphatic carbocycles. The van der Waals surface area contributed by atoms with Crippen molar-refractivity contribution in [1.29, 1.82) is 0 Å². The third-order valence-electron chi connectivity index (χ3n) is 4.05. The van der Waals surface area contributed by atoms with Crippen LogP contribution in [0.1, 0.15) is 46.9 Å². The lowest BCUT2D eigenvalue weighted by Crippen LogP contribution is -2.43. The van der Waals surface area contributed by atoms with E-state index in [1.807, 2.05) is 0 Å². The first-order valence-corrected chi connectivity index (χ1v) is 9.56. The Labute approximate surface area is 179 Å². The summed E-state index contributed by atoms with van der Waals surface area (Å²) in [4.78, 5) is 58.5. The molecule has 3 N–H and O–H groups in total. The Hall–Kier alpha value is -4.01. The van der Waals surface area contributed by atoms with Gasteiger partial charge >= 0.3 is 5.97 Å². The Kier molecular flexibility index (Phi) is 8.90. The number of hydrogen-bond donors (Lipinski definition) is 3. The second-order valence-corrected chi connectivity index (χ2v) is 6.57. The van der Waals surface area contributed by atoms with Gasteiger partial charge in [-0.05, 0) is 37.6 Å². The van der Waals surface area contributed by atoms with E-state index in [4.69, 9.17) is 4.74 Å². The molecule has 0 bridgehead atoms. The molecule has 0 unspecified atom stereocenters. The molecule has 31 heavy (non-hydrogen) atoms. The maximum absolute atomic E-state index is 12.0. The van der Waals surface area contributed by atoms with Gasteiger partial charge in [0, 0.05) is 29.7 Å². The summed E-state index contributed by atoms with van der Waals surface area (Å²) in [5.74, 6) is -2.26. The van der Waals surface area contributed by atoms with Crippen LogP contribution in [0, 0.1) is 0 Å². The molecule has 9 nitrogen and oxygen atoms in total. The molecule has 0 saturated heterocycles. The third kappa shape index (κ3) is 8.48. The lowest BCUT2D eigenvalue weighted by Gasteiger charge is -2.08. The molecule has 0 atom stereocenters. The van der Waals surface area contributed by atoms with E-state index in [0.29, 0.717) is 16.8 Å². The number of ketones is 1. The van der Waals surface area contributed by atoms with E-state index in [9.17, 15) is 24.0 Å². The predicted molar refractivity (Wildman–Crippen MR) is 112 cm³/mol. The number of rotatable bonds is 9. The highest BCUT2D eigenvalue weighted by atomic mass is 16.5. The number of nitrogens with one attached hydrogen (secondary N) is 3. The zero-order chi connectivity index (χ0) is 22.6. The highest BCUT2D eigenvalue weighted by Crippen LogP contribution is 2.12. The van der Waals surface area contributed by atoms with Gasteiger partial charge in [0.15, 0.2) is 12.4 Å². The number of hydrazine groups is 1. The minimum atomic E-state index is -0.694. The van der Waals surface area contributed by atoms with Gasteiger partial charge < -0.3 is 10.1 Å². The highest BCUT2D eigenvalue weighted by molar-refractivity contribution is 5.97. The van der Waals surface area contributed by atoms with Crippen LogP contribution in [-0.2, 0) is 19.1 Å². The first-order chi connectivity index (χ1) is 14.8. The quantitative estimate of drug-likeness (QED) is 0.320. The summed E-state index contributed by atoms with van der Waals surface area (Å²) in [7, 11) is 0. The van der Waals surface area contributed by atoms with Crippen molar-refractivity contribution in [3.8, 4) is 0 Å². The number of ether oxygens (including phenoxy) is 1. The van der Waals surface area contributed by atoms with Gasteiger partial charge in [0.1, 0.15) is 0 Å². The molecule has 0 saturated carbocycles. The van der Waals surface area contributed by atoms with Crippen LogP contribution in [-0.4, -0.2) is 36.1 Å². The molecular formula is C22H23N3O6. The van der Waals surface area contributed by atoms with Gasteiger partial charge in [0.25, 0.3) is 11.8 Å². The molecule has 0 spiro atoms. The van der Waals surface area contributed by atoms with Gasteiger partial charge in [0.2, 0.25) is 5.91 Å². The number of hydrogen-bond acceptors (Lipinski definition) is 6. The average Bonchev–Trinajstić information content (AvgIpc) is 2.76. The van der Waals surface area contributed by atoms with Crippen molar-refractivity contribution in [2.75, 3.05) is 11.9 Å². The molecule has 0 aromatic heterocycles. The van der Waals surface area contributed by atoms with E-state index in [1.54, 1.807) is 54.6 Å². The van der Waals surface area contributed by atoms with Crippen molar-refractivity contribution in [2.24, 2.45) is 0 Å². The first kappa shape index (κ1) is 23.3. The van der Waals surface area contributed by atoms with Crippen molar-refractivity contribution in [2.45, 2.75) is 26.2 Å². The Balaban J connectivity index is 1.61. The van der Waals surface area contributed by atoms with Crippen LogP contribution in [0.2, 0.25) is 0 Å². The monoisotopic (exact) mass is 425 g/mol. The molecule has 2 aromatic rings. The molecule has 3 amide bonds. The normalized spacial score (nSPS) is 9.97. The maximum Gasteiger partial charge on any atom is 0.306 e. The number of anilines is 1. The minimum absolute atomic E-state index is 0.0510. The molecule has 2 aromatic carbocycles. The Morgan fingerprint density at radius 2 is 1.52 bits per heavy atom. The van der Waals surface area contributed by atoms with E-state index in [-0.39, 0.29) is 31.0 Å². The fourth-order valence-corrected chi connectivity index (χ4v) is 2.48. The number of carbonyl (C=O) groups excluding carboxylic acids is 5. The van der Waals surface area contributed by atoms with E-state index < -0.39 is 24.4 Å². The topological polar surface area (TPSA) is 131 Å².